The van der Waals surface area contributed by atoms with Crippen LogP contribution in [0.5, 0.6) is 0 Å². The summed E-state index contributed by atoms with van der Waals surface area (Å²) in [4.78, 5) is 32.7. The first-order valence-corrected chi connectivity index (χ1v) is 7.29. The summed E-state index contributed by atoms with van der Waals surface area (Å²) in [5, 5.41) is 8.84. The molecule has 0 spiro atoms. The van der Waals surface area contributed by atoms with Gasteiger partial charge in [-0.05, 0) is 11.5 Å². The summed E-state index contributed by atoms with van der Waals surface area (Å²) in [7, 11) is 1.72. The Morgan fingerprint density at radius 2 is 1.61 bits per heavy atom. The van der Waals surface area contributed by atoms with Crippen LogP contribution in [0.3, 0.4) is 0 Å². The van der Waals surface area contributed by atoms with Crippen molar-refractivity contribution in [1.82, 2.24) is 14.9 Å². The molecule has 0 saturated carbocycles. The molecule has 1 aromatic heterocycles. The van der Waals surface area contributed by atoms with Crippen LogP contribution in [0.15, 0.2) is 42.7 Å². The van der Waals surface area contributed by atoms with Crippen LogP contribution in [0, 0.1) is 5.92 Å². The van der Waals surface area contributed by atoms with Crippen molar-refractivity contribution in [3.63, 3.8) is 0 Å². The van der Waals surface area contributed by atoms with Gasteiger partial charge >= 0.3 is 5.97 Å². The number of benzene rings is 1. The molecule has 0 radical (unpaired) electrons. The topological polar surface area (TPSA) is 83.4 Å². The van der Waals surface area contributed by atoms with Gasteiger partial charge in [-0.2, -0.15) is 0 Å². The van der Waals surface area contributed by atoms with Crippen molar-refractivity contribution < 1.29 is 14.7 Å². The first-order valence-electron chi connectivity index (χ1n) is 7.29. The lowest BCUT2D eigenvalue weighted by Gasteiger charge is -2.31. The molecule has 23 heavy (non-hydrogen) atoms. The van der Waals surface area contributed by atoms with Gasteiger partial charge in [0.15, 0.2) is 5.69 Å². The van der Waals surface area contributed by atoms with Gasteiger partial charge in [0.2, 0.25) is 0 Å². The van der Waals surface area contributed by atoms with Crippen LogP contribution in [0.25, 0.3) is 0 Å². The summed E-state index contributed by atoms with van der Waals surface area (Å²) >= 11 is 0. The summed E-state index contributed by atoms with van der Waals surface area (Å²) in [5.41, 5.74) is 0.972. The molecule has 6 nitrogen and oxygen atoms in total. The van der Waals surface area contributed by atoms with E-state index in [-0.39, 0.29) is 29.3 Å². The van der Waals surface area contributed by atoms with Gasteiger partial charge in [-0.15, -0.1) is 0 Å². The van der Waals surface area contributed by atoms with E-state index in [0.29, 0.717) is 0 Å². The van der Waals surface area contributed by atoms with Crippen molar-refractivity contribution in [1.29, 1.82) is 0 Å². The highest BCUT2D eigenvalue weighted by Gasteiger charge is 2.26. The molecule has 0 bridgehead atoms. The van der Waals surface area contributed by atoms with Gasteiger partial charge in [-0.25, -0.2) is 14.8 Å². The zero-order chi connectivity index (χ0) is 17.0. The lowest BCUT2D eigenvalue weighted by atomic mass is 9.94. The van der Waals surface area contributed by atoms with Gasteiger partial charge in [0, 0.05) is 7.05 Å². The first-order chi connectivity index (χ1) is 10.9. The van der Waals surface area contributed by atoms with Gasteiger partial charge in [-0.3, -0.25) is 4.79 Å². The van der Waals surface area contributed by atoms with Crippen molar-refractivity contribution >= 4 is 11.9 Å². The molecule has 120 valence electrons. The maximum absolute atomic E-state index is 12.6. The number of aromatic carboxylic acids is 1. The van der Waals surface area contributed by atoms with Crippen LogP contribution in [0.2, 0.25) is 0 Å². The van der Waals surface area contributed by atoms with E-state index in [0.717, 1.165) is 11.8 Å². The Balaban J connectivity index is 2.27. The third-order valence-electron chi connectivity index (χ3n) is 3.60. The summed E-state index contributed by atoms with van der Waals surface area (Å²) in [6.07, 6.45) is 2.29. The zero-order valence-electron chi connectivity index (χ0n) is 13.3. The summed E-state index contributed by atoms with van der Waals surface area (Å²) < 4.78 is 0. The minimum atomic E-state index is -1.17. The maximum Gasteiger partial charge on any atom is 0.356 e. The molecule has 0 saturated heterocycles. The smallest absolute Gasteiger partial charge is 0.356 e. The average Bonchev–Trinajstić information content (AvgIpc) is 2.55. The highest BCUT2D eigenvalue weighted by molar-refractivity contribution is 5.92. The summed E-state index contributed by atoms with van der Waals surface area (Å²) in [5.74, 6) is -1.26. The molecule has 0 aliphatic heterocycles. The summed E-state index contributed by atoms with van der Waals surface area (Å²) in [6.45, 7) is 4.08. The number of carboxylic acid groups (broad SMARTS) is 1. The molecule has 0 fully saturated rings. The first kappa shape index (κ1) is 16.6. The lowest BCUT2D eigenvalue weighted by Crippen LogP contribution is -2.34. The fourth-order valence-electron chi connectivity index (χ4n) is 2.56. The molecule has 1 N–H and O–H groups in total. The van der Waals surface area contributed by atoms with Gasteiger partial charge in [-0.1, -0.05) is 44.2 Å². The number of nitrogens with zero attached hydrogens (tertiary/aromatic N) is 3. The van der Waals surface area contributed by atoms with Crippen molar-refractivity contribution in [3.8, 4) is 0 Å². The number of rotatable bonds is 5. The number of carbonyl (C=O) groups is 2. The van der Waals surface area contributed by atoms with E-state index in [9.17, 15) is 9.59 Å². The Kier molecular flexibility index (Phi) is 5.05. The molecule has 6 heteroatoms. The van der Waals surface area contributed by atoms with Crippen molar-refractivity contribution in [3.05, 3.63) is 59.7 Å². The van der Waals surface area contributed by atoms with Crippen LogP contribution in [-0.4, -0.2) is 38.9 Å². The standard InChI is InChI=1S/C17H19N3O3/c1-11(2)15(12-7-5-4-6-8-12)20(3)16(21)13-9-19-14(10-18-13)17(22)23/h4-11,15H,1-3H3,(H,22,23). The van der Waals surface area contributed by atoms with E-state index >= 15 is 0 Å². The molecule has 0 aliphatic rings. The number of carboxylic acids is 1. The quantitative estimate of drug-likeness (QED) is 0.917. The van der Waals surface area contributed by atoms with E-state index in [1.54, 1.807) is 11.9 Å². The Labute approximate surface area is 134 Å². The fraction of sp³-hybridized carbons (Fsp3) is 0.294. The molecular formula is C17H19N3O3. The van der Waals surface area contributed by atoms with Gasteiger partial charge in [0.25, 0.3) is 5.91 Å². The van der Waals surface area contributed by atoms with Crippen LogP contribution in [0.1, 0.15) is 46.4 Å². The van der Waals surface area contributed by atoms with Crippen LogP contribution in [-0.2, 0) is 0 Å². The molecule has 1 aromatic carbocycles. The van der Waals surface area contributed by atoms with Crippen LogP contribution >= 0.6 is 0 Å². The number of aromatic nitrogens is 2. The molecule has 1 unspecified atom stereocenters. The Bertz CT molecular complexity index is 684. The predicted octanol–water partition coefficient (Wildman–Crippen LogP) is 2.64. The van der Waals surface area contributed by atoms with Crippen molar-refractivity contribution in [2.24, 2.45) is 5.92 Å². The second-order valence-corrected chi connectivity index (χ2v) is 5.61. The van der Waals surface area contributed by atoms with E-state index in [1.807, 2.05) is 44.2 Å². The number of hydrogen-bond donors (Lipinski definition) is 1. The van der Waals surface area contributed by atoms with Gasteiger partial charge in [0.05, 0.1) is 18.4 Å². The van der Waals surface area contributed by atoms with E-state index in [4.69, 9.17) is 5.11 Å². The minimum absolute atomic E-state index is 0.107. The normalized spacial score (nSPS) is 12.0. The largest absolute Gasteiger partial charge is 0.476 e. The molecule has 2 rings (SSSR count). The highest BCUT2D eigenvalue weighted by Crippen LogP contribution is 2.28. The second kappa shape index (κ2) is 7.00. The SMILES string of the molecule is CC(C)C(c1ccccc1)N(C)C(=O)c1cnc(C(=O)O)cn1. The van der Waals surface area contributed by atoms with Crippen LogP contribution < -0.4 is 0 Å². The number of hydrogen-bond acceptors (Lipinski definition) is 4. The number of carbonyl (C=O) groups excluding carboxylic acids is 1. The van der Waals surface area contributed by atoms with E-state index in [2.05, 4.69) is 9.97 Å². The maximum atomic E-state index is 12.6. The average molecular weight is 313 g/mol. The molecule has 0 aliphatic carbocycles. The number of amides is 1. The third kappa shape index (κ3) is 3.71. The molecular weight excluding hydrogens is 294 g/mol. The van der Waals surface area contributed by atoms with Gasteiger partial charge < -0.3 is 10.0 Å². The predicted molar refractivity (Wildman–Crippen MR) is 85.1 cm³/mol. The monoisotopic (exact) mass is 313 g/mol. The second-order valence-electron chi connectivity index (χ2n) is 5.61. The van der Waals surface area contributed by atoms with E-state index in [1.165, 1.54) is 6.20 Å². The molecule has 1 atom stereocenters. The molecule has 1 amide bonds. The minimum Gasteiger partial charge on any atom is -0.476 e. The van der Waals surface area contributed by atoms with Crippen LogP contribution in [0.4, 0.5) is 0 Å². The Morgan fingerprint density at radius 3 is 2.09 bits per heavy atom. The Hall–Kier alpha value is -2.76. The fourth-order valence-corrected chi connectivity index (χ4v) is 2.56. The molecule has 2 aromatic rings. The summed E-state index contributed by atoms with van der Waals surface area (Å²) in [6, 6.07) is 9.65. The highest BCUT2D eigenvalue weighted by atomic mass is 16.4. The Morgan fingerprint density at radius 1 is 1.04 bits per heavy atom. The van der Waals surface area contributed by atoms with E-state index < -0.39 is 5.97 Å². The zero-order valence-corrected chi connectivity index (χ0v) is 13.3. The van der Waals surface area contributed by atoms with Gasteiger partial charge in [0.1, 0.15) is 5.69 Å². The third-order valence-corrected chi connectivity index (χ3v) is 3.60. The van der Waals surface area contributed by atoms with Crippen molar-refractivity contribution in [2.45, 2.75) is 19.9 Å². The molecule has 1 heterocycles. The van der Waals surface area contributed by atoms with Crippen molar-refractivity contribution in [2.75, 3.05) is 7.05 Å². The lowest BCUT2D eigenvalue weighted by molar-refractivity contribution is 0.0668.